The second-order valence-corrected chi connectivity index (χ2v) is 8.32. The van der Waals surface area contributed by atoms with E-state index in [4.69, 9.17) is 10.2 Å². The minimum Gasteiger partial charge on any atom is -0.370 e. The molecule has 6 heteroatoms. The van der Waals surface area contributed by atoms with E-state index in [-0.39, 0.29) is 5.91 Å². The average molecular weight is 436 g/mol. The maximum atomic E-state index is 13.3. The highest BCUT2D eigenvalue weighted by Gasteiger charge is 2.21. The summed E-state index contributed by atoms with van der Waals surface area (Å²) in [6, 6.07) is 25.8. The van der Waals surface area contributed by atoms with Crippen LogP contribution in [0.2, 0.25) is 0 Å². The van der Waals surface area contributed by atoms with E-state index in [2.05, 4.69) is 27.7 Å². The number of carbonyl (C=O) groups is 1. The minimum atomic E-state index is 0.0468. The molecular weight excluding hydrogens is 410 g/mol. The number of hydrogen-bond donors (Lipinski definition) is 0. The van der Waals surface area contributed by atoms with Gasteiger partial charge in [-0.15, -0.1) is 0 Å². The number of carbonyl (C=O) groups excluding carboxylic acids is 1. The number of nitriles is 1. The molecule has 1 aromatic heterocycles. The summed E-state index contributed by atoms with van der Waals surface area (Å²) in [7, 11) is 0. The second-order valence-electron chi connectivity index (χ2n) is 8.32. The Bertz CT molecular complexity index is 1330. The summed E-state index contributed by atoms with van der Waals surface area (Å²) in [5.74, 6) is 0.944. The molecule has 5 rings (SSSR count). The van der Waals surface area contributed by atoms with Crippen LogP contribution >= 0.6 is 0 Å². The highest BCUT2D eigenvalue weighted by molar-refractivity contribution is 5.97. The first-order valence-corrected chi connectivity index (χ1v) is 11.2. The predicted molar refractivity (Wildman–Crippen MR) is 130 cm³/mol. The van der Waals surface area contributed by atoms with Crippen molar-refractivity contribution in [2.24, 2.45) is 0 Å². The van der Waals surface area contributed by atoms with Gasteiger partial charge in [-0.25, -0.2) is 4.98 Å². The van der Waals surface area contributed by atoms with Crippen LogP contribution in [0.15, 0.2) is 72.8 Å². The summed E-state index contributed by atoms with van der Waals surface area (Å²) in [4.78, 5) is 22.3. The lowest BCUT2D eigenvalue weighted by molar-refractivity contribution is 0.0767. The normalized spacial score (nSPS) is 14.2. The molecule has 0 spiro atoms. The molecule has 1 fully saturated rings. The van der Waals surface area contributed by atoms with Crippen molar-refractivity contribution < 1.29 is 4.79 Å². The number of para-hydroxylation sites is 1. The second kappa shape index (κ2) is 8.79. The zero-order valence-electron chi connectivity index (χ0n) is 18.6. The first kappa shape index (κ1) is 20.8. The summed E-state index contributed by atoms with van der Waals surface area (Å²) < 4.78 is 2.12. The Morgan fingerprint density at radius 1 is 0.909 bits per heavy atom. The largest absolute Gasteiger partial charge is 0.370 e. The van der Waals surface area contributed by atoms with Gasteiger partial charge in [-0.05, 0) is 67.9 Å². The molecule has 1 saturated heterocycles. The van der Waals surface area contributed by atoms with E-state index < -0.39 is 0 Å². The summed E-state index contributed by atoms with van der Waals surface area (Å²) >= 11 is 0. The fourth-order valence-corrected chi connectivity index (χ4v) is 4.54. The van der Waals surface area contributed by atoms with Gasteiger partial charge >= 0.3 is 0 Å². The molecule has 2 heterocycles. The number of hydrogen-bond acceptors (Lipinski definition) is 4. The van der Waals surface area contributed by atoms with Crippen molar-refractivity contribution in [3.8, 4) is 11.8 Å². The molecule has 0 unspecified atom stereocenters. The van der Waals surface area contributed by atoms with Crippen molar-refractivity contribution in [1.29, 1.82) is 5.26 Å². The van der Waals surface area contributed by atoms with Crippen LogP contribution in [0.4, 0.5) is 5.69 Å². The summed E-state index contributed by atoms with van der Waals surface area (Å²) in [5.41, 5.74) is 5.31. The summed E-state index contributed by atoms with van der Waals surface area (Å²) in [6.45, 7) is 5.02. The number of nitrogens with zero attached hydrogens (tertiary/aromatic N) is 5. The lowest BCUT2D eigenvalue weighted by atomic mass is 10.1. The zero-order chi connectivity index (χ0) is 22.8. The van der Waals surface area contributed by atoms with E-state index in [1.165, 1.54) is 0 Å². The molecule has 0 bridgehead atoms. The molecule has 1 aliphatic heterocycles. The smallest absolute Gasteiger partial charge is 0.253 e. The maximum absolute atomic E-state index is 13.3. The van der Waals surface area contributed by atoms with E-state index in [1.807, 2.05) is 72.5 Å². The predicted octanol–water partition coefficient (Wildman–Crippen LogP) is 4.56. The van der Waals surface area contributed by atoms with Gasteiger partial charge in [0.15, 0.2) is 0 Å². The van der Waals surface area contributed by atoms with E-state index in [9.17, 15) is 4.79 Å². The molecule has 0 aliphatic carbocycles. The van der Waals surface area contributed by atoms with Gasteiger partial charge in [-0.3, -0.25) is 9.36 Å². The third kappa shape index (κ3) is 4.06. The number of aromatic nitrogens is 2. The van der Waals surface area contributed by atoms with Crippen LogP contribution in [0.1, 0.15) is 28.2 Å². The third-order valence-corrected chi connectivity index (χ3v) is 6.23. The number of rotatable bonds is 3. The summed E-state index contributed by atoms with van der Waals surface area (Å²) in [6.07, 6.45) is 0.899. The van der Waals surface area contributed by atoms with E-state index >= 15 is 0 Å². The number of fused-ring (bicyclic) bond motifs is 1. The molecule has 0 saturated carbocycles. The number of aryl methyl sites for hydroxylation is 1. The Morgan fingerprint density at radius 3 is 2.45 bits per heavy atom. The monoisotopic (exact) mass is 435 g/mol. The molecule has 3 aromatic carbocycles. The van der Waals surface area contributed by atoms with Crippen molar-refractivity contribution in [2.75, 3.05) is 31.1 Å². The number of imidazole rings is 1. The van der Waals surface area contributed by atoms with Gasteiger partial charge < -0.3 is 9.80 Å². The first-order chi connectivity index (χ1) is 16.1. The molecule has 1 amide bonds. The number of anilines is 1. The van der Waals surface area contributed by atoms with Crippen LogP contribution in [0.5, 0.6) is 0 Å². The molecule has 4 aromatic rings. The van der Waals surface area contributed by atoms with Gasteiger partial charge in [-0.1, -0.05) is 18.2 Å². The van der Waals surface area contributed by atoms with E-state index in [0.29, 0.717) is 17.7 Å². The molecule has 1 aliphatic rings. The van der Waals surface area contributed by atoms with Crippen molar-refractivity contribution >= 4 is 22.6 Å². The van der Waals surface area contributed by atoms with Gasteiger partial charge in [0.05, 0.1) is 22.7 Å². The minimum absolute atomic E-state index is 0.0468. The molecule has 0 N–H and O–H groups in total. The van der Waals surface area contributed by atoms with Gasteiger partial charge in [0.25, 0.3) is 5.91 Å². The molecular formula is C27H25N5O. The van der Waals surface area contributed by atoms with Crippen molar-refractivity contribution in [3.63, 3.8) is 0 Å². The Labute approximate surface area is 193 Å². The maximum Gasteiger partial charge on any atom is 0.253 e. The standard InChI is InChI=1S/C27H25N5O/c1-20-29-25-18-22(10-13-26(25)32(20)24-6-3-2-4-7-24)27(33)31-15-5-14-30(16-17-31)23-11-8-21(19-28)9-12-23/h2-4,6-13,18H,5,14-17H2,1H3. The van der Waals surface area contributed by atoms with E-state index in [0.717, 1.165) is 54.3 Å². The van der Waals surface area contributed by atoms with Crippen molar-refractivity contribution in [3.05, 3.63) is 89.7 Å². The molecule has 33 heavy (non-hydrogen) atoms. The Balaban J connectivity index is 1.35. The molecule has 6 nitrogen and oxygen atoms in total. The van der Waals surface area contributed by atoms with Gasteiger partial charge in [0.1, 0.15) is 5.82 Å². The average Bonchev–Trinajstić information content (AvgIpc) is 3.01. The fraction of sp³-hybridized carbons (Fsp3) is 0.222. The quantitative estimate of drug-likeness (QED) is 0.473. The van der Waals surface area contributed by atoms with Crippen LogP contribution in [-0.4, -0.2) is 46.5 Å². The van der Waals surface area contributed by atoms with Gasteiger partial charge in [0, 0.05) is 43.1 Å². The Morgan fingerprint density at radius 2 is 1.70 bits per heavy atom. The Kier molecular flexibility index (Phi) is 5.54. The lowest BCUT2D eigenvalue weighted by Crippen LogP contribution is -2.35. The molecule has 0 atom stereocenters. The van der Waals surface area contributed by atoms with Crippen LogP contribution in [-0.2, 0) is 0 Å². The lowest BCUT2D eigenvalue weighted by Gasteiger charge is -2.24. The molecule has 0 radical (unpaired) electrons. The van der Waals surface area contributed by atoms with Gasteiger partial charge in [0.2, 0.25) is 0 Å². The van der Waals surface area contributed by atoms with Crippen LogP contribution in [0.25, 0.3) is 16.7 Å². The third-order valence-electron chi connectivity index (χ3n) is 6.23. The van der Waals surface area contributed by atoms with E-state index in [1.54, 1.807) is 0 Å². The van der Waals surface area contributed by atoms with Crippen LogP contribution < -0.4 is 4.90 Å². The number of amides is 1. The van der Waals surface area contributed by atoms with Gasteiger partial charge in [-0.2, -0.15) is 5.26 Å². The number of benzene rings is 3. The highest BCUT2D eigenvalue weighted by Crippen LogP contribution is 2.24. The Hall–Kier alpha value is -4.11. The van der Waals surface area contributed by atoms with Crippen molar-refractivity contribution in [2.45, 2.75) is 13.3 Å². The SMILES string of the molecule is Cc1nc2cc(C(=O)N3CCCN(c4ccc(C#N)cc4)CC3)ccc2n1-c1ccccc1. The fourth-order valence-electron chi connectivity index (χ4n) is 4.54. The first-order valence-electron chi connectivity index (χ1n) is 11.2. The summed E-state index contributed by atoms with van der Waals surface area (Å²) in [5, 5.41) is 9.01. The zero-order valence-corrected chi connectivity index (χ0v) is 18.6. The topological polar surface area (TPSA) is 65.2 Å². The van der Waals surface area contributed by atoms with Crippen molar-refractivity contribution in [1.82, 2.24) is 14.5 Å². The molecule has 164 valence electrons. The van der Waals surface area contributed by atoms with Crippen LogP contribution in [0, 0.1) is 18.3 Å². The highest BCUT2D eigenvalue weighted by atomic mass is 16.2. The van der Waals surface area contributed by atoms with Crippen LogP contribution in [0.3, 0.4) is 0 Å².